The summed E-state index contributed by atoms with van der Waals surface area (Å²) in [6.45, 7) is 6.28. The van der Waals surface area contributed by atoms with Crippen LogP contribution in [0.1, 0.15) is 30.4 Å². The fourth-order valence-corrected chi connectivity index (χ4v) is 4.57. The molecule has 2 aliphatic rings. The first-order valence-corrected chi connectivity index (χ1v) is 10.6. The van der Waals surface area contributed by atoms with Crippen molar-refractivity contribution in [2.75, 3.05) is 52.9 Å². The van der Waals surface area contributed by atoms with Crippen molar-refractivity contribution in [3.05, 3.63) is 35.4 Å². The molecule has 2 heterocycles. The number of nitrogens with zero attached hydrogens (tertiary/aromatic N) is 3. The summed E-state index contributed by atoms with van der Waals surface area (Å²) in [5, 5.41) is 18.5. The lowest BCUT2D eigenvalue weighted by Gasteiger charge is -2.46. The van der Waals surface area contributed by atoms with Crippen LogP contribution >= 0.6 is 0 Å². The molecular weight excluding hydrogens is 354 g/mol. The van der Waals surface area contributed by atoms with Gasteiger partial charge in [-0.1, -0.05) is 24.3 Å². The Morgan fingerprint density at radius 3 is 2.36 bits per heavy atom. The van der Waals surface area contributed by atoms with E-state index in [1.165, 1.54) is 0 Å². The number of hydrogen-bond acceptors (Lipinski definition) is 5. The Bertz CT molecular complexity index is 614. The number of amides is 1. The van der Waals surface area contributed by atoms with Gasteiger partial charge in [0.05, 0.1) is 13.0 Å². The number of carbonyl (C=O) groups excluding carboxylic acids is 1. The van der Waals surface area contributed by atoms with E-state index in [0.29, 0.717) is 18.4 Å². The van der Waals surface area contributed by atoms with Crippen molar-refractivity contribution in [1.82, 2.24) is 14.7 Å². The van der Waals surface area contributed by atoms with E-state index in [1.54, 1.807) is 0 Å². The average Bonchev–Trinajstić information content (AvgIpc) is 2.73. The lowest BCUT2D eigenvalue weighted by molar-refractivity contribution is -0.133. The maximum Gasteiger partial charge on any atom is 0.227 e. The smallest absolute Gasteiger partial charge is 0.227 e. The molecule has 6 heteroatoms. The first-order chi connectivity index (χ1) is 13.6. The molecule has 1 amide bonds. The lowest BCUT2D eigenvalue weighted by atomic mass is 9.86. The van der Waals surface area contributed by atoms with Gasteiger partial charge in [0.1, 0.15) is 0 Å². The number of likely N-dealkylation sites (N-methyl/N-ethyl adjacent to an activating group) is 1. The van der Waals surface area contributed by atoms with Crippen LogP contribution in [0.25, 0.3) is 0 Å². The van der Waals surface area contributed by atoms with Gasteiger partial charge in [0.15, 0.2) is 0 Å². The summed E-state index contributed by atoms with van der Waals surface area (Å²) in [6, 6.07) is 8.15. The number of likely N-dealkylation sites (tertiary alicyclic amines) is 1. The van der Waals surface area contributed by atoms with Gasteiger partial charge in [-0.2, -0.15) is 0 Å². The molecule has 2 atom stereocenters. The molecule has 2 aliphatic heterocycles. The van der Waals surface area contributed by atoms with Crippen molar-refractivity contribution in [2.24, 2.45) is 5.92 Å². The van der Waals surface area contributed by atoms with Crippen LogP contribution in [0.4, 0.5) is 0 Å². The Morgan fingerprint density at radius 2 is 1.71 bits per heavy atom. The van der Waals surface area contributed by atoms with Gasteiger partial charge in [0.25, 0.3) is 0 Å². The van der Waals surface area contributed by atoms with Crippen molar-refractivity contribution in [2.45, 2.75) is 38.3 Å². The predicted octanol–water partition coefficient (Wildman–Crippen LogP) is 0.958. The van der Waals surface area contributed by atoms with Crippen LogP contribution in [0.5, 0.6) is 0 Å². The van der Waals surface area contributed by atoms with E-state index in [-0.39, 0.29) is 19.1 Å². The molecule has 0 aromatic heterocycles. The number of rotatable bonds is 7. The molecule has 0 unspecified atom stereocenters. The summed E-state index contributed by atoms with van der Waals surface area (Å²) in [5.41, 5.74) is 1.86. The Kier molecular flexibility index (Phi) is 7.85. The van der Waals surface area contributed by atoms with Crippen LogP contribution in [-0.2, 0) is 17.8 Å². The molecule has 0 bridgehead atoms. The van der Waals surface area contributed by atoms with E-state index >= 15 is 0 Å². The average molecular weight is 390 g/mol. The molecule has 1 aromatic rings. The summed E-state index contributed by atoms with van der Waals surface area (Å²) < 4.78 is 0. The number of piperazine rings is 1. The van der Waals surface area contributed by atoms with Crippen molar-refractivity contribution < 1.29 is 15.0 Å². The van der Waals surface area contributed by atoms with E-state index in [9.17, 15) is 9.90 Å². The second-order valence-electron chi connectivity index (χ2n) is 8.31. The highest BCUT2D eigenvalue weighted by molar-refractivity contribution is 5.79. The first-order valence-electron chi connectivity index (χ1n) is 10.6. The van der Waals surface area contributed by atoms with Gasteiger partial charge in [-0.05, 0) is 43.4 Å². The summed E-state index contributed by atoms with van der Waals surface area (Å²) in [6.07, 6.45) is 3.22. The molecule has 0 radical (unpaired) electrons. The molecule has 0 saturated carbocycles. The second kappa shape index (κ2) is 10.3. The van der Waals surface area contributed by atoms with Crippen LogP contribution in [-0.4, -0.2) is 89.8 Å². The zero-order chi connectivity index (χ0) is 19.9. The zero-order valence-corrected chi connectivity index (χ0v) is 17.1. The SMILES string of the molecule is CN1CCN([C@H]2CCN(C(=O)Cc3ccc(CO)cc3)C[C@H]2CCCO)CC1. The molecule has 6 nitrogen and oxygen atoms in total. The molecule has 0 spiro atoms. The van der Waals surface area contributed by atoms with Crippen LogP contribution < -0.4 is 0 Å². The highest BCUT2D eigenvalue weighted by atomic mass is 16.3. The van der Waals surface area contributed by atoms with Crippen molar-refractivity contribution >= 4 is 5.91 Å². The molecule has 28 heavy (non-hydrogen) atoms. The number of aliphatic hydroxyl groups excluding tert-OH is 2. The number of aliphatic hydroxyl groups is 2. The van der Waals surface area contributed by atoms with E-state index in [1.807, 2.05) is 29.2 Å². The normalized spacial score (nSPS) is 24.5. The lowest BCUT2D eigenvalue weighted by Crippen LogP contribution is -2.57. The van der Waals surface area contributed by atoms with Crippen LogP contribution in [0.15, 0.2) is 24.3 Å². The number of carbonyl (C=O) groups is 1. The first kappa shape index (κ1) is 21.2. The Hall–Kier alpha value is -1.47. The standard InChI is InChI=1S/C22H35N3O3/c1-23-10-12-24(13-11-23)21-8-9-25(16-20(21)3-2-14-26)22(28)15-18-4-6-19(17-27)7-5-18/h4-7,20-21,26-27H,2-3,8-17H2,1H3/t20-,21+/m1/s1. The van der Waals surface area contributed by atoms with Gasteiger partial charge in [-0.15, -0.1) is 0 Å². The van der Waals surface area contributed by atoms with Crippen molar-refractivity contribution in [1.29, 1.82) is 0 Å². The quantitative estimate of drug-likeness (QED) is 0.727. The fraction of sp³-hybridized carbons (Fsp3) is 0.682. The molecule has 0 aliphatic carbocycles. The van der Waals surface area contributed by atoms with Crippen molar-refractivity contribution in [3.8, 4) is 0 Å². The third-order valence-electron chi connectivity index (χ3n) is 6.35. The molecule has 1 aromatic carbocycles. The summed E-state index contributed by atoms with van der Waals surface area (Å²) in [7, 11) is 2.18. The highest BCUT2D eigenvalue weighted by Crippen LogP contribution is 2.27. The molecule has 3 rings (SSSR count). The van der Waals surface area contributed by atoms with Gasteiger partial charge < -0.3 is 20.0 Å². The zero-order valence-electron chi connectivity index (χ0n) is 17.1. The minimum absolute atomic E-state index is 0.0283. The number of hydrogen-bond donors (Lipinski definition) is 2. The van der Waals surface area contributed by atoms with Gasteiger partial charge in [-0.3, -0.25) is 9.69 Å². The predicted molar refractivity (Wildman–Crippen MR) is 110 cm³/mol. The van der Waals surface area contributed by atoms with E-state index in [2.05, 4.69) is 16.8 Å². The van der Waals surface area contributed by atoms with Crippen molar-refractivity contribution in [3.63, 3.8) is 0 Å². The maximum atomic E-state index is 12.9. The third kappa shape index (κ3) is 5.54. The Balaban J connectivity index is 1.59. The molecule has 156 valence electrons. The molecular formula is C22H35N3O3. The monoisotopic (exact) mass is 389 g/mol. The van der Waals surface area contributed by atoms with Crippen LogP contribution in [0, 0.1) is 5.92 Å². The van der Waals surface area contributed by atoms with E-state index in [4.69, 9.17) is 5.11 Å². The van der Waals surface area contributed by atoms with Gasteiger partial charge in [0.2, 0.25) is 5.91 Å². The third-order valence-corrected chi connectivity index (χ3v) is 6.35. The molecule has 2 saturated heterocycles. The summed E-state index contributed by atoms with van der Waals surface area (Å²) >= 11 is 0. The largest absolute Gasteiger partial charge is 0.396 e. The number of piperidine rings is 1. The topological polar surface area (TPSA) is 67.2 Å². The molecule has 2 N–H and O–H groups in total. The van der Waals surface area contributed by atoms with E-state index in [0.717, 1.165) is 69.7 Å². The minimum atomic E-state index is 0.0283. The summed E-state index contributed by atoms with van der Waals surface area (Å²) in [4.78, 5) is 19.9. The van der Waals surface area contributed by atoms with Gasteiger partial charge in [-0.25, -0.2) is 0 Å². The molecule has 2 fully saturated rings. The maximum absolute atomic E-state index is 12.9. The minimum Gasteiger partial charge on any atom is -0.396 e. The highest BCUT2D eigenvalue weighted by Gasteiger charge is 2.35. The van der Waals surface area contributed by atoms with Gasteiger partial charge in [0, 0.05) is 51.9 Å². The van der Waals surface area contributed by atoms with E-state index < -0.39 is 0 Å². The van der Waals surface area contributed by atoms with Gasteiger partial charge >= 0.3 is 0 Å². The van der Waals surface area contributed by atoms with Crippen LogP contribution in [0.3, 0.4) is 0 Å². The van der Waals surface area contributed by atoms with Crippen LogP contribution in [0.2, 0.25) is 0 Å². The Labute approximate surface area is 168 Å². The fourth-order valence-electron chi connectivity index (χ4n) is 4.57. The second-order valence-corrected chi connectivity index (χ2v) is 8.31. The Morgan fingerprint density at radius 1 is 1.04 bits per heavy atom. The number of benzene rings is 1. The summed E-state index contributed by atoms with van der Waals surface area (Å²) in [5.74, 6) is 0.618.